The molecule has 4 rings (SSSR count). The fourth-order valence-corrected chi connectivity index (χ4v) is 3.33. The van der Waals surface area contributed by atoms with Crippen molar-refractivity contribution in [2.45, 2.75) is 4.90 Å². The van der Waals surface area contributed by atoms with Crippen molar-refractivity contribution in [2.24, 2.45) is 0 Å². The van der Waals surface area contributed by atoms with Gasteiger partial charge in [0.05, 0.1) is 19.0 Å². The van der Waals surface area contributed by atoms with Gasteiger partial charge in [-0.2, -0.15) is 5.10 Å². The highest BCUT2D eigenvalue weighted by atomic mass is 32.2. The first-order valence-corrected chi connectivity index (χ1v) is 9.67. The molecule has 2 N–H and O–H groups in total. The van der Waals surface area contributed by atoms with Crippen molar-refractivity contribution in [1.82, 2.24) is 19.6 Å². The summed E-state index contributed by atoms with van der Waals surface area (Å²) in [6.07, 6.45) is 3.27. The number of aromatic nitrogens is 4. The van der Waals surface area contributed by atoms with Gasteiger partial charge < -0.3 is 14.6 Å². The highest BCUT2D eigenvalue weighted by Gasteiger charge is 2.11. The molecule has 7 nitrogen and oxygen atoms in total. The minimum Gasteiger partial charge on any atom is -0.480 e. The van der Waals surface area contributed by atoms with Crippen LogP contribution in [0.3, 0.4) is 0 Å². The molecule has 0 bridgehead atoms. The third-order valence-corrected chi connectivity index (χ3v) is 4.92. The number of nitrogens with zero attached hydrogens (tertiary/aromatic N) is 4. The number of rotatable bonds is 5. The second-order valence-electron chi connectivity index (χ2n) is 6.03. The van der Waals surface area contributed by atoms with Crippen LogP contribution in [0.4, 0.5) is 10.1 Å². The molecule has 0 spiro atoms. The lowest BCUT2D eigenvalue weighted by Crippen LogP contribution is -1.99. The molecule has 9 heteroatoms. The first kappa shape index (κ1) is 19.7. The van der Waals surface area contributed by atoms with Crippen LogP contribution in [0, 0.1) is 17.7 Å². The topological polar surface area (TPSA) is 84.6 Å². The van der Waals surface area contributed by atoms with Crippen LogP contribution in [0.2, 0.25) is 0 Å². The fourth-order valence-electron chi connectivity index (χ4n) is 2.69. The first-order valence-electron chi connectivity index (χ1n) is 8.85. The summed E-state index contributed by atoms with van der Waals surface area (Å²) in [5, 5.41) is 13.5. The largest absolute Gasteiger partial charge is 0.480 e. The summed E-state index contributed by atoms with van der Waals surface area (Å²) < 4.78 is 23.2. The average Bonchev–Trinajstić information content (AvgIpc) is 3.19. The van der Waals surface area contributed by atoms with Crippen molar-refractivity contribution in [3.05, 3.63) is 66.4 Å². The summed E-state index contributed by atoms with van der Waals surface area (Å²) >= 11 is 1.32. The molecule has 30 heavy (non-hydrogen) atoms. The molecule has 0 aliphatic rings. The van der Waals surface area contributed by atoms with E-state index in [2.05, 4.69) is 31.6 Å². The van der Waals surface area contributed by atoms with E-state index < -0.39 is 0 Å². The van der Waals surface area contributed by atoms with Gasteiger partial charge in [0, 0.05) is 16.7 Å². The van der Waals surface area contributed by atoms with Gasteiger partial charge in [-0.05, 0) is 60.3 Å². The average molecular weight is 421 g/mol. The molecule has 3 heterocycles. The minimum absolute atomic E-state index is 0.240. The number of nitrogens with one attached hydrogen (secondary N) is 1. The Hall–Kier alpha value is -3.61. The van der Waals surface area contributed by atoms with Gasteiger partial charge in [0.1, 0.15) is 23.8 Å². The number of ether oxygens (including phenoxy) is 1. The highest BCUT2D eigenvalue weighted by Crippen LogP contribution is 2.31. The van der Waals surface area contributed by atoms with Crippen LogP contribution >= 0.6 is 11.9 Å². The second-order valence-corrected chi connectivity index (χ2v) is 6.91. The second kappa shape index (κ2) is 8.82. The number of methoxy groups -OCH3 is 1. The SMILES string of the molecule is COc1ncc(-c2ccc3ncc(C#CCO)n3n2)cc1NSc1ccc(F)cc1. The maximum absolute atomic E-state index is 13.1. The summed E-state index contributed by atoms with van der Waals surface area (Å²) in [5.41, 5.74) is 3.30. The number of benzene rings is 1. The molecule has 0 atom stereocenters. The van der Waals surface area contributed by atoms with Crippen LogP contribution in [0.15, 0.2) is 59.8 Å². The molecule has 0 saturated carbocycles. The monoisotopic (exact) mass is 421 g/mol. The molecule has 1 aromatic carbocycles. The van der Waals surface area contributed by atoms with E-state index in [4.69, 9.17) is 9.84 Å². The van der Waals surface area contributed by atoms with Crippen molar-refractivity contribution in [3.8, 4) is 29.0 Å². The quantitative estimate of drug-likeness (QED) is 0.377. The molecule has 150 valence electrons. The summed E-state index contributed by atoms with van der Waals surface area (Å²) in [7, 11) is 1.54. The van der Waals surface area contributed by atoms with Gasteiger partial charge in [-0.3, -0.25) is 0 Å². The molecule has 0 aliphatic carbocycles. The number of hydrogen-bond donors (Lipinski definition) is 2. The van der Waals surface area contributed by atoms with Gasteiger partial charge in [0.2, 0.25) is 5.88 Å². The first-order chi connectivity index (χ1) is 14.7. The molecule has 0 fully saturated rings. The van der Waals surface area contributed by atoms with Gasteiger partial charge in [-0.25, -0.2) is 18.9 Å². The predicted octanol–water partition coefficient (Wildman–Crippen LogP) is 3.40. The Labute approximate surface area is 176 Å². The van der Waals surface area contributed by atoms with Crippen LogP contribution in [-0.2, 0) is 0 Å². The number of halogens is 1. The smallest absolute Gasteiger partial charge is 0.237 e. The Morgan fingerprint density at radius 1 is 1.17 bits per heavy atom. The number of fused-ring (bicyclic) bond motifs is 1. The van der Waals surface area contributed by atoms with Gasteiger partial charge in [0.15, 0.2) is 5.65 Å². The van der Waals surface area contributed by atoms with Crippen molar-refractivity contribution in [2.75, 3.05) is 18.4 Å². The fraction of sp³-hybridized carbons (Fsp3) is 0.0952. The Kier molecular flexibility index (Phi) is 5.79. The molecule has 3 aromatic heterocycles. The van der Waals surface area contributed by atoms with E-state index in [0.29, 0.717) is 28.6 Å². The lowest BCUT2D eigenvalue weighted by atomic mass is 10.2. The molecular weight excluding hydrogens is 405 g/mol. The Morgan fingerprint density at radius 2 is 2.00 bits per heavy atom. The molecule has 0 saturated heterocycles. The zero-order chi connectivity index (χ0) is 20.9. The maximum atomic E-state index is 13.1. The van der Waals surface area contributed by atoms with E-state index in [0.717, 1.165) is 10.5 Å². The summed E-state index contributed by atoms with van der Waals surface area (Å²) in [5.74, 6) is 5.56. The standard InChI is InChI=1S/C21H16FN5O2S/c1-29-21-19(26-30-17-6-4-15(22)5-7-17)11-14(12-24-21)18-8-9-20-23-13-16(3-2-10-28)27(20)25-18/h4-9,11-13,26,28H,10H2,1H3. The van der Waals surface area contributed by atoms with E-state index in [1.165, 1.54) is 31.2 Å². The third-order valence-electron chi connectivity index (χ3n) is 4.09. The number of aliphatic hydroxyl groups excluding tert-OH is 1. The molecule has 0 aliphatic heterocycles. The lowest BCUT2D eigenvalue weighted by Gasteiger charge is -2.11. The minimum atomic E-state index is -0.287. The van der Waals surface area contributed by atoms with E-state index in [9.17, 15) is 4.39 Å². The van der Waals surface area contributed by atoms with Gasteiger partial charge >= 0.3 is 0 Å². The normalized spacial score (nSPS) is 10.5. The zero-order valence-electron chi connectivity index (χ0n) is 15.8. The Morgan fingerprint density at radius 3 is 2.77 bits per heavy atom. The van der Waals surface area contributed by atoms with Gasteiger partial charge in [-0.1, -0.05) is 5.92 Å². The van der Waals surface area contributed by atoms with Gasteiger partial charge in [-0.15, -0.1) is 0 Å². The third kappa shape index (κ3) is 4.20. The number of anilines is 1. The summed E-state index contributed by atoms with van der Waals surface area (Å²) in [6, 6.07) is 11.7. The number of imidazole rings is 1. The number of aliphatic hydroxyl groups is 1. The van der Waals surface area contributed by atoms with E-state index in [-0.39, 0.29) is 12.4 Å². The van der Waals surface area contributed by atoms with Crippen molar-refractivity contribution < 1.29 is 14.2 Å². The summed E-state index contributed by atoms with van der Waals surface area (Å²) in [4.78, 5) is 9.46. The van der Waals surface area contributed by atoms with Crippen LogP contribution in [0.25, 0.3) is 16.9 Å². The summed E-state index contributed by atoms with van der Waals surface area (Å²) in [6.45, 7) is -0.240. The van der Waals surface area contributed by atoms with Crippen molar-refractivity contribution >= 4 is 23.3 Å². The Balaban J connectivity index is 1.65. The lowest BCUT2D eigenvalue weighted by molar-refractivity contribution is 0.350. The van der Waals surface area contributed by atoms with Crippen LogP contribution < -0.4 is 9.46 Å². The molecule has 0 unspecified atom stereocenters. The maximum Gasteiger partial charge on any atom is 0.237 e. The van der Waals surface area contributed by atoms with E-state index in [1.807, 2.05) is 18.2 Å². The Bertz CT molecular complexity index is 1250. The van der Waals surface area contributed by atoms with Crippen molar-refractivity contribution in [3.63, 3.8) is 0 Å². The molecule has 4 aromatic rings. The highest BCUT2D eigenvalue weighted by molar-refractivity contribution is 8.00. The van der Waals surface area contributed by atoms with Crippen molar-refractivity contribution in [1.29, 1.82) is 0 Å². The molecule has 0 amide bonds. The predicted molar refractivity (Wildman–Crippen MR) is 113 cm³/mol. The van der Waals surface area contributed by atoms with E-state index >= 15 is 0 Å². The molecule has 0 radical (unpaired) electrons. The number of hydrogen-bond acceptors (Lipinski definition) is 7. The zero-order valence-corrected chi connectivity index (χ0v) is 16.7. The van der Waals surface area contributed by atoms with Gasteiger partial charge in [0.25, 0.3) is 0 Å². The van der Waals surface area contributed by atoms with Crippen LogP contribution in [0.1, 0.15) is 5.69 Å². The van der Waals surface area contributed by atoms with Crippen LogP contribution in [-0.4, -0.2) is 38.4 Å². The van der Waals surface area contributed by atoms with E-state index in [1.54, 1.807) is 29.0 Å². The number of pyridine rings is 1. The molecular formula is C21H16FN5O2S. The van der Waals surface area contributed by atoms with Crippen LogP contribution in [0.5, 0.6) is 5.88 Å².